The quantitative estimate of drug-likeness (QED) is 0.598. The number of nitrogens with zero attached hydrogens (tertiary/aromatic N) is 3. The molecule has 0 unspecified atom stereocenters. The van der Waals surface area contributed by atoms with Gasteiger partial charge in [-0.15, -0.1) is 0 Å². The van der Waals surface area contributed by atoms with Crippen LogP contribution in [-0.4, -0.2) is 15.0 Å². The second-order valence-electron chi connectivity index (χ2n) is 4.03. The summed E-state index contributed by atoms with van der Waals surface area (Å²) >= 11 is -1.77. The van der Waals surface area contributed by atoms with Crippen LogP contribution in [0, 0.1) is 0 Å². The monoisotopic (exact) mass is 389 g/mol. The first-order valence-electron chi connectivity index (χ1n) is 6.24. The molecule has 0 amide bonds. The molecule has 0 saturated carbocycles. The van der Waals surface area contributed by atoms with Gasteiger partial charge in [0.1, 0.15) is 0 Å². The van der Waals surface area contributed by atoms with E-state index in [2.05, 4.69) is 15.0 Å². The average molecular weight is 391 g/mol. The topological polar surface area (TPSA) is 38.7 Å². The second-order valence-corrected chi connectivity index (χ2v) is 11.0. The van der Waals surface area contributed by atoms with Crippen LogP contribution < -0.4 is 0 Å². The summed E-state index contributed by atoms with van der Waals surface area (Å²) in [6.07, 6.45) is 3.54. The van der Waals surface area contributed by atoms with E-state index in [1.807, 2.05) is 54.6 Å². The number of aromatic nitrogens is 3. The largest absolute Gasteiger partial charge is 0.255 e. The maximum absolute atomic E-state index is 4.95. The van der Waals surface area contributed by atoms with E-state index in [1.54, 1.807) is 12.4 Å². The fourth-order valence-electron chi connectivity index (χ4n) is 1.75. The van der Waals surface area contributed by atoms with Crippen molar-refractivity contribution in [1.82, 2.24) is 15.0 Å². The zero-order chi connectivity index (χ0) is 15.8. The molecule has 7 heteroatoms. The smallest absolute Gasteiger partial charge is 0.0894 e. The van der Waals surface area contributed by atoms with Crippen molar-refractivity contribution in [2.24, 2.45) is 0 Å². The Morgan fingerprint density at radius 3 is 1.36 bits per heavy atom. The SMILES string of the molecule is [Cl][V]([Cl])[Cl].c1ccc(-c2cccc(-c3ccccn3)n2)nc1. The molecular formula is C15H11Cl3N3V. The van der Waals surface area contributed by atoms with E-state index in [4.69, 9.17) is 29.5 Å². The van der Waals surface area contributed by atoms with Gasteiger partial charge in [-0.2, -0.15) is 0 Å². The first kappa shape index (κ1) is 17.3. The van der Waals surface area contributed by atoms with Gasteiger partial charge in [0.2, 0.25) is 0 Å². The van der Waals surface area contributed by atoms with Crippen molar-refractivity contribution in [1.29, 1.82) is 0 Å². The third kappa shape index (κ3) is 5.60. The summed E-state index contributed by atoms with van der Waals surface area (Å²) in [7, 11) is 14.9. The molecule has 0 atom stereocenters. The molecule has 0 spiro atoms. The summed E-state index contributed by atoms with van der Waals surface area (Å²) in [5, 5.41) is 0. The van der Waals surface area contributed by atoms with E-state index in [-0.39, 0.29) is 0 Å². The second kappa shape index (κ2) is 9.14. The minimum atomic E-state index is -1.77. The van der Waals surface area contributed by atoms with Crippen LogP contribution in [0.3, 0.4) is 0 Å². The van der Waals surface area contributed by atoms with Gasteiger partial charge in [-0.25, -0.2) is 4.98 Å². The minimum Gasteiger partial charge on any atom is -0.255 e. The van der Waals surface area contributed by atoms with Crippen molar-refractivity contribution in [3.05, 3.63) is 67.0 Å². The standard InChI is InChI=1S/C15H11N3.3ClH.V/c1-3-10-16-12(6-1)14-8-5-9-15(18-14)13-7-2-4-11-17-13;;;;/h1-11H;3*1H;/q;;;;+3/p-3. The zero-order valence-corrected chi connectivity index (χ0v) is 14.9. The molecule has 0 aliphatic heterocycles. The van der Waals surface area contributed by atoms with Crippen molar-refractivity contribution in [3.8, 4) is 22.8 Å². The van der Waals surface area contributed by atoms with Crippen molar-refractivity contribution in [3.63, 3.8) is 0 Å². The van der Waals surface area contributed by atoms with Crippen LogP contribution in [0.1, 0.15) is 0 Å². The molecule has 0 fully saturated rings. The summed E-state index contributed by atoms with van der Waals surface area (Å²) in [6.45, 7) is 0. The molecule has 0 aliphatic rings. The number of halogens is 3. The predicted molar refractivity (Wildman–Crippen MR) is 88.3 cm³/mol. The maximum Gasteiger partial charge on any atom is 0.0894 e. The summed E-state index contributed by atoms with van der Waals surface area (Å²) < 4.78 is 0. The number of rotatable bonds is 2. The van der Waals surface area contributed by atoms with Crippen molar-refractivity contribution >= 4 is 29.5 Å². The van der Waals surface area contributed by atoms with E-state index in [9.17, 15) is 0 Å². The summed E-state index contributed by atoms with van der Waals surface area (Å²) in [6, 6.07) is 17.5. The Morgan fingerprint density at radius 2 is 1.00 bits per heavy atom. The van der Waals surface area contributed by atoms with E-state index in [0.29, 0.717) is 0 Å². The van der Waals surface area contributed by atoms with Gasteiger partial charge >= 0.3 is 41.8 Å². The van der Waals surface area contributed by atoms with E-state index >= 15 is 0 Å². The number of hydrogen-bond acceptors (Lipinski definition) is 3. The van der Waals surface area contributed by atoms with Crippen LogP contribution in [-0.2, 0) is 12.3 Å². The van der Waals surface area contributed by atoms with Gasteiger partial charge in [0, 0.05) is 12.4 Å². The van der Waals surface area contributed by atoms with E-state index in [1.165, 1.54) is 0 Å². The Morgan fingerprint density at radius 1 is 0.591 bits per heavy atom. The van der Waals surface area contributed by atoms with E-state index in [0.717, 1.165) is 22.8 Å². The molecule has 3 aromatic rings. The Bertz CT molecular complexity index is 639. The fourth-order valence-corrected chi connectivity index (χ4v) is 1.75. The van der Waals surface area contributed by atoms with Crippen molar-refractivity contribution < 1.29 is 12.3 Å². The minimum absolute atomic E-state index is 0.860. The Kier molecular flexibility index (Phi) is 7.17. The van der Waals surface area contributed by atoms with Crippen LogP contribution in [0.4, 0.5) is 0 Å². The summed E-state index contributed by atoms with van der Waals surface area (Å²) in [5.74, 6) is 0. The van der Waals surface area contributed by atoms with Crippen molar-refractivity contribution in [2.45, 2.75) is 0 Å². The Hall–Kier alpha value is -1.10. The van der Waals surface area contributed by atoms with Crippen LogP contribution in [0.2, 0.25) is 0 Å². The van der Waals surface area contributed by atoms with Crippen LogP contribution >= 0.6 is 29.5 Å². The molecule has 3 heterocycles. The molecule has 3 aromatic heterocycles. The van der Waals surface area contributed by atoms with E-state index < -0.39 is 12.3 Å². The van der Waals surface area contributed by atoms with Gasteiger partial charge in [0.15, 0.2) is 0 Å². The molecule has 0 radical (unpaired) electrons. The Balaban J connectivity index is 0.000000396. The normalized spacial score (nSPS) is 10.0. The first-order chi connectivity index (χ1) is 10.7. The van der Waals surface area contributed by atoms with Gasteiger partial charge in [-0.1, -0.05) is 18.2 Å². The maximum atomic E-state index is 4.95. The third-order valence-electron chi connectivity index (χ3n) is 2.60. The van der Waals surface area contributed by atoms with Crippen LogP contribution in [0.5, 0.6) is 0 Å². The Labute approximate surface area is 146 Å². The molecule has 112 valence electrons. The molecule has 3 rings (SSSR count). The average Bonchev–Trinajstić information content (AvgIpc) is 2.56. The molecule has 0 N–H and O–H groups in total. The van der Waals surface area contributed by atoms with Gasteiger partial charge in [0.05, 0.1) is 22.8 Å². The molecule has 3 nitrogen and oxygen atoms in total. The molecule has 0 aliphatic carbocycles. The van der Waals surface area contributed by atoms with Gasteiger partial charge in [0.25, 0.3) is 0 Å². The fraction of sp³-hybridized carbons (Fsp3) is 0. The predicted octanol–water partition coefficient (Wildman–Crippen LogP) is 5.27. The van der Waals surface area contributed by atoms with Gasteiger partial charge < -0.3 is 0 Å². The van der Waals surface area contributed by atoms with Gasteiger partial charge in [-0.05, 0) is 36.4 Å². The first-order valence-corrected chi connectivity index (χ1v) is 12.0. The molecule has 22 heavy (non-hydrogen) atoms. The summed E-state index contributed by atoms with van der Waals surface area (Å²) in [4.78, 5) is 13.2. The van der Waals surface area contributed by atoms with Crippen molar-refractivity contribution in [2.75, 3.05) is 0 Å². The summed E-state index contributed by atoms with van der Waals surface area (Å²) in [5.41, 5.74) is 3.46. The molecule has 0 saturated heterocycles. The number of hydrogen-bond donors (Lipinski definition) is 0. The molecular weight excluding hydrogens is 379 g/mol. The van der Waals surface area contributed by atoms with Crippen LogP contribution in [0.15, 0.2) is 67.0 Å². The number of pyridine rings is 3. The third-order valence-corrected chi connectivity index (χ3v) is 2.60. The van der Waals surface area contributed by atoms with Crippen LogP contribution in [0.25, 0.3) is 22.8 Å². The molecule has 0 aromatic carbocycles. The zero-order valence-electron chi connectivity index (χ0n) is 11.3. The molecule has 0 bridgehead atoms. The van der Waals surface area contributed by atoms with Gasteiger partial charge in [-0.3, -0.25) is 9.97 Å².